The summed E-state index contributed by atoms with van der Waals surface area (Å²) in [6.45, 7) is 1.94. The van der Waals surface area contributed by atoms with Crippen LogP contribution in [0.15, 0.2) is 0 Å². The molecule has 0 spiro atoms. The number of carbonyl (C=O) groups excluding carboxylic acids is 1. The molecule has 0 fully saturated rings. The van der Waals surface area contributed by atoms with Gasteiger partial charge in [-0.05, 0) is 6.92 Å². The molecule has 0 bridgehead atoms. The van der Waals surface area contributed by atoms with E-state index >= 15 is 0 Å². The van der Waals surface area contributed by atoms with Crippen molar-refractivity contribution in [2.45, 2.75) is 19.1 Å². The second kappa shape index (κ2) is 4.95. The summed E-state index contributed by atoms with van der Waals surface area (Å²) >= 11 is 0. The molecule has 0 saturated heterocycles. The van der Waals surface area contributed by atoms with E-state index in [1.165, 1.54) is 14.2 Å². The van der Waals surface area contributed by atoms with Crippen LogP contribution in [0.3, 0.4) is 0 Å². The van der Waals surface area contributed by atoms with E-state index in [9.17, 15) is 4.79 Å². The normalized spacial score (nSPS) is 11.2. The Balaban J connectivity index is 3.65. The van der Waals surface area contributed by atoms with Crippen molar-refractivity contribution in [1.29, 1.82) is 0 Å². The minimum Gasteiger partial charge on any atom is -0.449 e. The van der Waals surface area contributed by atoms with Crippen LogP contribution in [-0.4, -0.2) is 32.7 Å². The summed E-state index contributed by atoms with van der Waals surface area (Å²) in [6, 6.07) is 0. The molecule has 0 unspecified atom stereocenters. The average Bonchev–Trinajstić information content (AvgIpc) is 2.03. The average molecular weight is 177 g/mol. The molecule has 0 atom stereocenters. The lowest BCUT2D eigenvalue weighted by Crippen LogP contribution is -2.32. The molecular formula is C7H15NO4. The van der Waals surface area contributed by atoms with E-state index in [4.69, 9.17) is 15.2 Å². The van der Waals surface area contributed by atoms with Gasteiger partial charge in [-0.25, -0.2) is 4.79 Å². The number of primary amides is 1. The molecule has 0 aromatic rings. The molecule has 0 aliphatic carbocycles. The lowest BCUT2D eigenvalue weighted by Gasteiger charge is -2.25. The van der Waals surface area contributed by atoms with Gasteiger partial charge in [-0.1, -0.05) is 0 Å². The fraction of sp³-hybridized carbons (Fsp3) is 0.857. The van der Waals surface area contributed by atoms with Crippen molar-refractivity contribution in [3.63, 3.8) is 0 Å². The van der Waals surface area contributed by atoms with Crippen LogP contribution in [0.4, 0.5) is 4.79 Å². The topological polar surface area (TPSA) is 70.8 Å². The highest BCUT2D eigenvalue weighted by molar-refractivity contribution is 5.64. The van der Waals surface area contributed by atoms with Gasteiger partial charge in [0.25, 0.3) is 0 Å². The molecule has 0 heterocycles. The van der Waals surface area contributed by atoms with Crippen LogP contribution in [0.2, 0.25) is 0 Å². The minimum atomic E-state index is -0.787. The van der Waals surface area contributed by atoms with Crippen molar-refractivity contribution in [2.24, 2.45) is 5.73 Å². The quantitative estimate of drug-likeness (QED) is 0.620. The van der Waals surface area contributed by atoms with Crippen molar-refractivity contribution in [1.82, 2.24) is 0 Å². The highest BCUT2D eigenvalue weighted by Crippen LogP contribution is 2.14. The molecule has 0 aliphatic rings. The second-order valence-electron chi connectivity index (χ2n) is 2.46. The first kappa shape index (κ1) is 11.2. The van der Waals surface area contributed by atoms with Gasteiger partial charge in [0.15, 0.2) is 5.79 Å². The zero-order valence-corrected chi connectivity index (χ0v) is 7.62. The first-order valence-electron chi connectivity index (χ1n) is 3.56. The SMILES string of the molecule is COC(C)(CCOC(N)=O)OC. The fourth-order valence-electron chi connectivity index (χ4n) is 0.624. The zero-order valence-electron chi connectivity index (χ0n) is 7.62. The van der Waals surface area contributed by atoms with Crippen molar-refractivity contribution in [3.05, 3.63) is 0 Å². The standard InChI is InChI=1S/C7H15NO4/c1-7(10-2,11-3)4-5-12-6(8)9/h4-5H2,1-3H3,(H2,8,9). The van der Waals surface area contributed by atoms with Crippen LogP contribution in [0.25, 0.3) is 0 Å². The maximum Gasteiger partial charge on any atom is 0.404 e. The Morgan fingerprint density at radius 2 is 1.92 bits per heavy atom. The number of carbonyl (C=O) groups is 1. The maximum atomic E-state index is 10.2. The molecular weight excluding hydrogens is 162 g/mol. The van der Waals surface area contributed by atoms with E-state index in [0.29, 0.717) is 6.42 Å². The van der Waals surface area contributed by atoms with E-state index in [-0.39, 0.29) is 6.61 Å². The van der Waals surface area contributed by atoms with Crippen LogP contribution in [0.5, 0.6) is 0 Å². The molecule has 0 radical (unpaired) electrons. The summed E-state index contributed by atoms with van der Waals surface area (Å²) in [5.74, 6) is -0.713. The smallest absolute Gasteiger partial charge is 0.404 e. The Kier molecular flexibility index (Phi) is 4.61. The number of hydrogen-bond acceptors (Lipinski definition) is 4. The van der Waals surface area contributed by atoms with Crippen molar-refractivity contribution in [2.75, 3.05) is 20.8 Å². The third-order valence-electron chi connectivity index (χ3n) is 1.66. The van der Waals surface area contributed by atoms with Crippen molar-refractivity contribution < 1.29 is 19.0 Å². The van der Waals surface area contributed by atoms with Crippen LogP contribution in [-0.2, 0) is 14.2 Å². The lowest BCUT2D eigenvalue weighted by atomic mass is 10.2. The van der Waals surface area contributed by atoms with Gasteiger partial charge in [0.2, 0.25) is 0 Å². The Labute approximate surface area is 71.8 Å². The van der Waals surface area contributed by atoms with Gasteiger partial charge >= 0.3 is 6.09 Å². The predicted molar refractivity (Wildman–Crippen MR) is 42.6 cm³/mol. The highest BCUT2D eigenvalue weighted by atomic mass is 16.7. The summed E-state index contributed by atoms with van der Waals surface area (Å²) in [7, 11) is 3.04. The molecule has 0 saturated carbocycles. The van der Waals surface area contributed by atoms with Gasteiger partial charge < -0.3 is 19.9 Å². The van der Waals surface area contributed by atoms with Crippen LogP contribution >= 0.6 is 0 Å². The summed E-state index contributed by atoms with van der Waals surface area (Å²) in [6.07, 6.45) is -0.340. The molecule has 0 aromatic carbocycles. The van der Waals surface area contributed by atoms with Crippen molar-refractivity contribution >= 4 is 6.09 Å². The number of nitrogens with two attached hydrogens (primary N) is 1. The minimum absolute atomic E-state index is 0.188. The van der Waals surface area contributed by atoms with Gasteiger partial charge in [0.1, 0.15) is 0 Å². The third-order valence-corrected chi connectivity index (χ3v) is 1.66. The maximum absolute atomic E-state index is 10.2. The van der Waals surface area contributed by atoms with E-state index in [0.717, 1.165) is 0 Å². The Morgan fingerprint density at radius 1 is 1.42 bits per heavy atom. The highest BCUT2D eigenvalue weighted by Gasteiger charge is 2.22. The molecule has 2 N–H and O–H groups in total. The molecule has 5 nitrogen and oxygen atoms in total. The largest absolute Gasteiger partial charge is 0.449 e. The number of hydrogen-bond donors (Lipinski definition) is 1. The first-order chi connectivity index (χ1) is 5.54. The molecule has 5 heteroatoms. The predicted octanol–water partition coefficient (Wildman–Crippen LogP) is 0.481. The van der Waals surface area contributed by atoms with Gasteiger partial charge in [-0.15, -0.1) is 0 Å². The van der Waals surface area contributed by atoms with Crippen LogP contribution < -0.4 is 5.73 Å². The number of methoxy groups -OCH3 is 2. The van der Waals surface area contributed by atoms with Crippen LogP contribution in [0, 0.1) is 0 Å². The fourth-order valence-corrected chi connectivity index (χ4v) is 0.624. The van der Waals surface area contributed by atoms with Crippen LogP contribution in [0.1, 0.15) is 13.3 Å². The summed E-state index contributed by atoms with van der Waals surface area (Å²) in [5.41, 5.74) is 4.76. The Morgan fingerprint density at radius 3 is 2.25 bits per heavy atom. The second-order valence-corrected chi connectivity index (χ2v) is 2.46. The van der Waals surface area contributed by atoms with Gasteiger partial charge in [0, 0.05) is 20.6 Å². The zero-order chi connectivity index (χ0) is 9.61. The molecule has 0 rings (SSSR count). The Bertz CT molecular complexity index is 144. The third kappa shape index (κ3) is 4.15. The van der Waals surface area contributed by atoms with Crippen molar-refractivity contribution in [3.8, 4) is 0 Å². The number of amides is 1. The van der Waals surface area contributed by atoms with E-state index < -0.39 is 11.9 Å². The number of rotatable bonds is 5. The van der Waals surface area contributed by atoms with Gasteiger partial charge in [-0.3, -0.25) is 0 Å². The summed E-state index contributed by atoms with van der Waals surface area (Å²) < 4.78 is 14.5. The number of ether oxygens (including phenoxy) is 3. The Hall–Kier alpha value is -0.810. The summed E-state index contributed by atoms with van der Waals surface area (Å²) in [5, 5.41) is 0. The lowest BCUT2D eigenvalue weighted by molar-refractivity contribution is -0.200. The van der Waals surface area contributed by atoms with E-state index in [2.05, 4.69) is 4.74 Å². The summed E-state index contributed by atoms with van der Waals surface area (Å²) in [4.78, 5) is 10.2. The molecule has 0 aromatic heterocycles. The molecule has 72 valence electrons. The van der Waals surface area contributed by atoms with E-state index in [1.54, 1.807) is 6.92 Å². The molecule has 0 aliphatic heterocycles. The van der Waals surface area contributed by atoms with Gasteiger partial charge in [-0.2, -0.15) is 0 Å². The molecule has 1 amide bonds. The van der Waals surface area contributed by atoms with Gasteiger partial charge in [0.05, 0.1) is 6.61 Å². The van der Waals surface area contributed by atoms with E-state index in [1.807, 2.05) is 0 Å². The monoisotopic (exact) mass is 177 g/mol. The first-order valence-corrected chi connectivity index (χ1v) is 3.56. The molecule has 12 heavy (non-hydrogen) atoms.